The smallest absolute Gasteiger partial charge is 0.273 e. The van der Waals surface area contributed by atoms with Crippen molar-refractivity contribution in [2.24, 2.45) is 0 Å². The average Bonchev–Trinajstić information content (AvgIpc) is 2.43. The second-order valence-electron chi connectivity index (χ2n) is 4.04. The Hall–Kier alpha value is -2.67. The second kappa shape index (κ2) is 5.76. The van der Waals surface area contributed by atoms with Crippen LogP contribution in [0.15, 0.2) is 36.4 Å². The highest BCUT2D eigenvalue weighted by atomic mass is 35.5. The van der Waals surface area contributed by atoms with Crippen molar-refractivity contribution in [1.29, 1.82) is 0 Å². The first-order valence-electron chi connectivity index (χ1n) is 5.62. The van der Waals surface area contributed by atoms with E-state index in [4.69, 9.17) is 11.6 Å². The minimum absolute atomic E-state index is 0.00495. The molecule has 0 aliphatic rings. The number of carbonyl (C=O) groups excluding carboxylic acids is 1. The number of phenols is 1. The van der Waals surface area contributed by atoms with Crippen molar-refractivity contribution in [3.8, 4) is 5.75 Å². The second-order valence-corrected chi connectivity index (χ2v) is 4.45. The maximum absolute atomic E-state index is 13.3. The number of anilines is 1. The first-order chi connectivity index (χ1) is 9.88. The van der Waals surface area contributed by atoms with Gasteiger partial charge in [-0.3, -0.25) is 14.9 Å². The normalized spacial score (nSPS) is 10.2. The molecule has 0 aliphatic carbocycles. The fourth-order valence-electron chi connectivity index (χ4n) is 1.57. The van der Waals surface area contributed by atoms with E-state index < -0.39 is 22.4 Å². The minimum Gasteiger partial charge on any atom is -0.506 e. The molecule has 0 fully saturated rings. The van der Waals surface area contributed by atoms with Crippen LogP contribution in [0.25, 0.3) is 0 Å². The van der Waals surface area contributed by atoms with Gasteiger partial charge in [-0.2, -0.15) is 0 Å². The van der Waals surface area contributed by atoms with Crippen molar-refractivity contribution >= 4 is 28.9 Å². The fraction of sp³-hybridized carbons (Fsp3) is 0. The number of carbonyl (C=O) groups is 1. The first kappa shape index (κ1) is 14.7. The van der Waals surface area contributed by atoms with Crippen LogP contribution < -0.4 is 5.32 Å². The van der Waals surface area contributed by atoms with Gasteiger partial charge in [-0.15, -0.1) is 0 Å². The van der Waals surface area contributed by atoms with Crippen molar-refractivity contribution in [2.45, 2.75) is 0 Å². The lowest BCUT2D eigenvalue weighted by molar-refractivity contribution is -0.384. The molecule has 2 aromatic rings. The summed E-state index contributed by atoms with van der Waals surface area (Å²) in [4.78, 5) is 21.7. The van der Waals surface area contributed by atoms with Crippen LogP contribution in [-0.4, -0.2) is 15.9 Å². The average molecular weight is 311 g/mol. The van der Waals surface area contributed by atoms with E-state index in [2.05, 4.69) is 5.32 Å². The number of hydrogen-bond acceptors (Lipinski definition) is 4. The van der Waals surface area contributed by atoms with E-state index in [1.54, 1.807) is 0 Å². The molecule has 0 unspecified atom stereocenters. The molecule has 21 heavy (non-hydrogen) atoms. The van der Waals surface area contributed by atoms with E-state index in [0.717, 1.165) is 18.2 Å². The number of nitrogens with one attached hydrogen (secondary N) is 1. The molecule has 2 N–H and O–H groups in total. The number of halogens is 2. The van der Waals surface area contributed by atoms with E-state index in [9.17, 15) is 24.4 Å². The topological polar surface area (TPSA) is 92.5 Å². The van der Waals surface area contributed by atoms with E-state index in [1.807, 2.05) is 0 Å². The molecular weight excluding hydrogens is 303 g/mol. The van der Waals surface area contributed by atoms with Gasteiger partial charge in [0, 0.05) is 11.6 Å². The number of nitro groups is 1. The number of nitrogens with zero attached hydrogens (tertiary/aromatic N) is 1. The lowest BCUT2D eigenvalue weighted by Gasteiger charge is -2.07. The summed E-state index contributed by atoms with van der Waals surface area (Å²) in [5.74, 6) is -1.90. The molecule has 0 bridgehead atoms. The van der Waals surface area contributed by atoms with E-state index >= 15 is 0 Å². The van der Waals surface area contributed by atoms with Crippen molar-refractivity contribution in [3.63, 3.8) is 0 Å². The highest BCUT2D eigenvalue weighted by Gasteiger charge is 2.14. The van der Waals surface area contributed by atoms with Crippen LogP contribution in [0.3, 0.4) is 0 Å². The summed E-state index contributed by atoms with van der Waals surface area (Å²) in [6.45, 7) is 0. The first-order valence-corrected chi connectivity index (χ1v) is 6.00. The van der Waals surface area contributed by atoms with Gasteiger partial charge in [-0.1, -0.05) is 11.6 Å². The monoisotopic (exact) mass is 310 g/mol. The summed E-state index contributed by atoms with van der Waals surface area (Å²) in [7, 11) is 0. The maximum atomic E-state index is 13.3. The highest BCUT2D eigenvalue weighted by molar-refractivity contribution is 6.30. The molecule has 0 saturated carbocycles. The Kier molecular flexibility index (Phi) is 4.04. The van der Waals surface area contributed by atoms with Gasteiger partial charge >= 0.3 is 0 Å². The third-order valence-electron chi connectivity index (χ3n) is 2.62. The molecule has 0 spiro atoms. The molecule has 8 heteroatoms. The van der Waals surface area contributed by atoms with Crippen LogP contribution in [0.4, 0.5) is 15.8 Å². The van der Waals surface area contributed by atoms with Gasteiger partial charge in [0.2, 0.25) is 0 Å². The molecule has 2 aromatic carbocycles. The number of benzene rings is 2. The van der Waals surface area contributed by atoms with E-state index in [0.29, 0.717) is 0 Å². The molecule has 1 amide bonds. The molecule has 108 valence electrons. The third-order valence-corrected chi connectivity index (χ3v) is 2.93. The Morgan fingerprint density at radius 3 is 2.57 bits per heavy atom. The summed E-state index contributed by atoms with van der Waals surface area (Å²) < 4.78 is 13.3. The maximum Gasteiger partial charge on any atom is 0.273 e. The largest absolute Gasteiger partial charge is 0.506 e. The van der Waals surface area contributed by atoms with Crippen molar-refractivity contribution in [1.82, 2.24) is 0 Å². The summed E-state index contributed by atoms with van der Waals surface area (Å²) in [6.07, 6.45) is 0. The number of rotatable bonds is 3. The van der Waals surface area contributed by atoms with Gasteiger partial charge in [-0.25, -0.2) is 4.39 Å². The van der Waals surface area contributed by atoms with Gasteiger partial charge < -0.3 is 10.4 Å². The number of hydrogen-bond donors (Lipinski definition) is 2. The predicted octanol–water partition coefficient (Wildman–Crippen LogP) is 3.35. The lowest BCUT2D eigenvalue weighted by Crippen LogP contribution is -2.12. The molecule has 0 heterocycles. The van der Waals surface area contributed by atoms with Crippen molar-refractivity contribution < 1.29 is 19.2 Å². The lowest BCUT2D eigenvalue weighted by atomic mass is 10.2. The molecule has 2 rings (SSSR count). The summed E-state index contributed by atoms with van der Waals surface area (Å²) in [5, 5.41) is 22.3. The fourth-order valence-corrected chi connectivity index (χ4v) is 1.69. The zero-order chi connectivity index (χ0) is 15.6. The number of phenolic OH excluding ortho intramolecular Hbond substituents is 1. The molecule has 0 saturated heterocycles. The molecule has 0 aliphatic heterocycles. The molecule has 0 radical (unpaired) electrons. The number of amides is 1. The zero-order valence-corrected chi connectivity index (χ0v) is 11.1. The molecular formula is C13H8ClFN2O4. The number of nitro benzene ring substituents is 1. The Bertz CT molecular complexity index is 736. The zero-order valence-electron chi connectivity index (χ0n) is 10.3. The van der Waals surface area contributed by atoms with E-state index in [1.165, 1.54) is 18.2 Å². The van der Waals surface area contributed by atoms with Crippen LogP contribution in [0.1, 0.15) is 10.4 Å². The summed E-state index contributed by atoms with van der Waals surface area (Å²) in [5.41, 5.74) is -0.348. The number of aromatic hydroxyl groups is 1. The van der Waals surface area contributed by atoms with Gasteiger partial charge in [0.15, 0.2) is 0 Å². The minimum atomic E-state index is -0.753. The van der Waals surface area contributed by atoms with Crippen molar-refractivity contribution in [3.05, 3.63) is 62.9 Å². The molecule has 0 aromatic heterocycles. The summed E-state index contributed by atoms with van der Waals surface area (Å²) >= 11 is 5.51. The van der Waals surface area contributed by atoms with Crippen LogP contribution >= 0.6 is 11.6 Å². The quantitative estimate of drug-likeness (QED) is 0.516. The van der Waals surface area contributed by atoms with Gasteiger partial charge in [0.05, 0.1) is 21.7 Å². The Morgan fingerprint density at radius 1 is 1.29 bits per heavy atom. The van der Waals surface area contributed by atoms with Gasteiger partial charge in [0.25, 0.3) is 11.6 Å². The predicted molar refractivity (Wildman–Crippen MR) is 74.1 cm³/mol. The Morgan fingerprint density at radius 2 is 2.00 bits per heavy atom. The van der Waals surface area contributed by atoms with Crippen LogP contribution in [0.5, 0.6) is 5.75 Å². The number of non-ortho nitro benzene ring substituents is 1. The molecule has 0 atom stereocenters. The Balaban J connectivity index is 2.23. The Labute approximate surface area is 122 Å². The van der Waals surface area contributed by atoms with Crippen LogP contribution in [0, 0.1) is 15.9 Å². The van der Waals surface area contributed by atoms with Gasteiger partial charge in [-0.05, 0) is 24.3 Å². The highest BCUT2D eigenvalue weighted by Crippen LogP contribution is 2.28. The van der Waals surface area contributed by atoms with Crippen LogP contribution in [0.2, 0.25) is 5.02 Å². The summed E-state index contributed by atoms with van der Waals surface area (Å²) in [6, 6.07) is 6.68. The standard InChI is InChI=1S/C13H8ClFN2O4/c14-9-3-1-7(5-10(9)15)13(19)16-11-4-2-8(17(20)21)6-12(11)18/h1-6,18H,(H,16,19). The molecule has 6 nitrogen and oxygen atoms in total. The SMILES string of the molecule is O=C(Nc1ccc([N+](=O)[O-])cc1O)c1ccc(Cl)c(F)c1. The third kappa shape index (κ3) is 3.26. The van der Waals surface area contributed by atoms with Gasteiger partial charge in [0.1, 0.15) is 11.6 Å². The van der Waals surface area contributed by atoms with Crippen LogP contribution in [-0.2, 0) is 0 Å². The van der Waals surface area contributed by atoms with Crippen molar-refractivity contribution in [2.75, 3.05) is 5.32 Å². The van der Waals surface area contributed by atoms with E-state index in [-0.39, 0.29) is 22.0 Å².